The van der Waals surface area contributed by atoms with Gasteiger partial charge < -0.3 is 11.1 Å². The smallest absolute Gasteiger partial charge is 0.248 e. The SMILES string of the molecule is C[C@H](NC(=O)Cc1cccc(Cl)c1)C(=O)NC(=O)[C@H](N)c1ccccc1. The summed E-state index contributed by atoms with van der Waals surface area (Å²) in [6.07, 6.45) is 0.0790. The lowest BCUT2D eigenvalue weighted by Crippen LogP contribution is -2.49. The van der Waals surface area contributed by atoms with Crippen molar-refractivity contribution in [2.45, 2.75) is 25.4 Å². The van der Waals surface area contributed by atoms with E-state index in [0.717, 1.165) is 5.56 Å². The van der Waals surface area contributed by atoms with E-state index in [0.29, 0.717) is 10.6 Å². The fourth-order valence-electron chi connectivity index (χ4n) is 2.31. The number of carbonyl (C=O) groups is 3. The van der Waals surface area contributed by atoms with Crippen LogP contribution in [0.15, 0.2) is 54.6 Å². The van der Waals surface area contributed by atoms with Crippen LogP contribution in [0.2, 0.25) is 5.02 Å². The zero-order chi connectivity index (χ0) is 19.1. The highest BCUT2D eigenvalue weighted by atomic mass is 35.5. The van der Waals surface area contributed by atoms with Gasteiger partial charge in [-0.05, 0) is 30.2 Å². The van der Waals surface area contributed by atoms with Gasteiger partial charge in [0.2, 0.25) is 17.7 Å². The van der Waals surface area contributed by atoms with Gasteiger partial charge in [0.1, 0.15) is 12.1 Å². The van der Waals surface area contributed by atoms with Crippen molar-refractivity contribution in [2.24, 2.45) is 5.73 Å². The number of benzene rings is 2. The van der Waals surface area contributed by atoms with Crippen LogP contribution in [-0.2, 0) is 20.8 Å². The summed E-state index contributed by atoms with van der Waals surface area (Å²) in [5.41, 5.74) is 7.16. The summed E-state index contributed by atoms with van der Waals surface area (Å²) >= 11 is 5.88. The summed E-state index contributed by atoms with van der Waals surface area (Å²) < 4.78 is 0. The molecule has 6 nitrogen and oxygen atoms in total. The van der Waals surface area contributed by atoms with Gasteiger partial charge in [-0.15, -0.1) is 0 Å². The van der Waals surface area contributed by atoms with Gasteiger partial charge >= 0.3 is 0 Å². The Kier molecular flexibility index (Phi) is 6.89. The van der Waals surface area contributed by atoms with Crippen LogP contribution < -0.4 is 16.4 Å². The van der Waals surface area contributed by atoms with Gasteiger partial charge in [-0.3, -0.25) is 19.7 Å². The summed E-state index contributed by atoms with van der Waals surface area (Å²) in [7, 11) is 0. The summed E-state index contributed by atoms with van der Waals surface area (Å²) in [5, 5.41) is 5.29. The molecule has 0 saturated heterocycles. The summed E-state index contributed by atoms with van der Waals surface area (Å²) in [5.74, 6) is -1.60. The first-order chi connectivity index (χ1) is 12.4. The summed E-state index contributed by atoms with van der Waals surface area (Å²) in [4.78, 5) is 36.2. The second kappa shape index (κ2) is 9.12. The number of nitrogens with one attached hydrogen (secondary N) is 2. The topological polar surface area (TPSA) is 101 Å². The number of hydrogen-bond acceptors (Lipinski definition) is 4. The number of imide groups is 1. The predicted octanol–water partition coefficient (Wildman–Crippen LogP) is 1.73. The summed E-state index contributed by atoms with van der Waals surface area (Å²) in [6.45, 7) is 1.49. The Hall–Kier alpha value is -2.70. The number of amides is 3. The lowest BCUT2D eigenvalue weighted by molar-refractivity contribution is -0.134. The Bertz CT molecular complexity index is 796. The molecule has 26 heavy (non-hydrogen) atoms. The van der Waals surface area contributed by atoms with Crippen LogP contribution >= 0.6 is 11.6 Å². The highest BCUT2D eigenvalue weighted by Gasteiger charge is 2.22. The molecule has 0 unspecified atom stereocenters. The minimum atomic E-state index is -0.963. The molecule has 0 spiro atoms. The number of halogens is 1. The summed E-state index contributed by atoms with van der Waals surface area (Å²) in [6, 6.07) is 13.7. The molecule has 4 N–H and O–H groups in total. The van der Waals surface area contributed by atoms with E-state index in [1.807, 2.05) is 0 Å². The van der Waals surface area contributed by atoms with E-state index in [4.69, 9.17) is 17.3 Å². The van der Waals surface area contributed by atoms with Crippen LogP contribution in [0.3, 0.4) is 0 Å². The van der Waals surface area contributed by atoms with Crippen molar-refractivity contribution in [1.82, 2.24) is 10.6 Å². The normalized spacial score (nSPS) is 12.7. The van der Waals surface area contributed by atoms with Crippen molar-refractivity contribution in [3.05, 3.63) is 70.7 Å². The van der Waals surface area contributed by atoms with Gasteiger partial charge in [0.05, 0.1) is 6.42 Å². The molecule has 0 aliphatic heterocycles. The highest BCUT2D eigenvalue weighted by Crippen LogP contribution is 2.11. The van der Waals surface area contributed by atoms with E-state index in [1.54, 1.807) is 54.6 Å². The van der Waals surface area contributed by atoms with Crippen molar-refractivity contribution in [1.29, 1.82) is 0 Å². The maximum absolute atomic E-state index is 12.1. The molecule has 0 aliphatic carbocycles. The zero-order valence-corrected chi connectivity index (χ0v) is 15.0. The Balaban J connectivity index is 1.86. The van der Waals surface area contributed by atoms with Crippen molar-refractivity contribution >= 4 is 29.3 Å². The molecule has 7 heteroatoms. The Morgan fingerprint density at radius 1 is 1.04 bits per heavy atom. The molecule has 0 bridgehead atoms. The largest absolute Gasteiger partial charge is 0.344 e. The number of carbonyl (C=O) groups excluding carboxylic acids is 3. The van der Waals surface area contributed by atoms with Crippen LogP contribution in [0, 0.1) is 0 Å². The first-order valence-electron chi connectivity index (χ1n) is 8.06. The van der Waals surface area contributed by atoms with E-state index in [2.05, 4.69) is 10.6 Å². The highest BCUT2D eigenvalue weighted by molar-refractivity contribution is 6.30. The van der Waals surface area contributed by atoms with Gasteiger partial charge in [0, 0.05) is 5.02 Å². The first kappa shape index (κ1) is 19.6. The average Bonchev–Trinajstić information content (AvgIpc) is 2.61. The molecule has 2 rings (SSSR count). The standard InChI is InChI=1S/C19H20ClN3O3/c1-12(22-16(24)11-13-6-5-9-15(20)10-13)18(25)23-19(26)17(21)14-7-3-2-4-8-14/h2-10,12,17H,11,21H2,1H3,(H,22,24)(H,23,25,26)/t12-,17+/m0/s1. The average molecular weight is 374 g/mol. The Morgan fingerprint density at radius 2 is 1.73 bits per heavy atom. The third kappa shape index (κ3) is 5.68. The minimum absolute atomic E-state index is 0.0790. The van der Waals surface area contributed by atoms with Crippen LogP contribution in [0.1, 0.15) is 24.1 Å². The van der Waals surface area contributed by atoms with Crippen molar-refractivity contribution in [3.8, 4) is 0 Å². The van der Waals surface area contributed by atoms with Crippen LogP contribution in [0.25, 0.3) is 0 Å². The van der Waals surface area contributed by atoms with Gasteiger partial charge in [0.25, 0.3) is 0 Å². The van der Waals surface area contributed by atoms with E-state index in [1.165, 1.54) is 6.92 Å². The fraction of sp³-hybridized carbons (Fsp3) is 0.211. The van der Waals surface area contributed by atoms with E-state index >= 15 is 0 Å². The molecule has 0 aliphatic rings. The second-order valence-corrected chi connectivity index (χ2v) is 6.27. The third-order valence-electron chi connectivity index (χ3n) is 3.71. The van der Waals surface area contributed by atoms with Crippen LogP contribution in [0.4, 0.5) is 0 Å². The molecule has 0 saturated carbocycles. The van der Waals surface area contributed by atoms with E-state index < -0.39 is 23.9 Å². The molecule has 0 heterocycles. The van der Waals surface area contributed by atoms with Gasteiger partial charge in [-0.25, -0.2) is 0 Å². The molecule has 2 atom stereocenters. The molecule has 3 amide bonds. The van der Waals surface area contributed by atoms with Crippen LogP contribution in [0.5, 0.6) is 0 Å². The van der Waals surface area contributed by atoms with Gasteiger partial charge in [-0.2, -0.15) is 0 Å². The lowest BCUT2D eigenvalue weighted by atomic mass is 10.1. The quantitative estimate of drug-likeness (QED) is 0.717. The monoisotopic (exact) mass is 373 g/mol. The number of rotatable bonds is 6. The molecule has 0 fully saturated rings. The molecule has 0 radical (unpaired) electrons. The second-order valence-electron chi connectivity index (χ2n) is 5.84. The van der Waals surface area contributed by atoms with Crippen molar-refractivity contribution in [2.75, 3.05) is 0 Å². The van der Waals surface area contributed by atoms with Crippen LogP contribution in [-0.4, -0.2) is 23.8 Å². The maximum atomic E-state index is 12.1. The Morgan fingerprint density at radius 3 is 2.38 bits per heavy atom. The predicted molar refractivity (Wildman–Crippen MR) is 99.3 cm³/mol. The van der Waals surface area contributed by atoms with E-state index in [-0.39, 0.29) is 12.3 Å². The van der Waals surface area contributed by atoms with Crippen molar-refractivity contribution < 1.29 is 14.4 Å². The van der Waals surface area contributed by atoms with E-state index in [9.17, 15) is 14.4 Å². The minimum Gasteiger partial charge on any atom is -0.344 e. The number of nitrogens with two attached hydrogens (primary N) is 1. The van der Waals surface area contributed by atoms with Gasteiger partial charge in [0.15, 0.2) is 0 Å². The maximum Gasteiger partial charge on any atom is 0.248 e. The number of hydrogen-bond donors (Lipinski definition) is 3. The molecule has 136 valence electrons. The van der Waals surface area contributed by atoms with Gasteiger partial charge in [-0.1, -0.05) is 54.1 Å². The molecule has 2 aromatic rings. The molecular formula is C19H20ClN3O3. The lowest BCUT2D eigenvalue weighted by Gasteiger charge is -2.16. The first-order valence-corrected chi connectivity index (χ1v) is 8.43. The third-order valence-corrected chi connectivity index (χ3v) is 3.95. The zero-order valence-electron chi connectivity index (χ0n) is 14.2. The molecule has 2 aromatic carbocycles. The Labute approximate surface area is 156 Å². The fourth-order valence-corrected chi connectivity index (χ4v) is 2.52. The molecular weight excluding hydrogens is 354 g/mol. The molecule has 0 aromatic heterocycles. The van der Waals surface area contributed by atoms with Crippen molar-refractivity contribution in [3.63, 3.8) is 0 Å².